The first-order valence-electron chi connectivity index (χ1n) is 7.64. The van der Waals surface area contributed by atoms with Gasteiger partial charge in [-0.3, -0.25) is 9.69 Å². The molecule has 0 unspecified atom stereocenters. The van der Waals surface area contributed by atoms with Crippen molar-refractivity contribution in [1.82, 2.24) is 15.5 Å². The molecule has 3 N–H and O–H groups in total. The minimum absolute atomic E-state index is 0.0219. The molecule has 24 heavy (non-hydrogen) atoms. The van der Waals surface area contributed by atoms with E-state index in [0.717, 1.165) is 32.7 Å². The maximum atomic E-state index is 12.1. The molecule has 0 bridgehead atoms. The summed E-state index contributed by atoms with van der Waals surface area (Å²) in [6, 6.07) is 6.80. The van der Waals surface area contributed by atoms with Crippen molar-refractivity contribution in [1.29, 1.82) is 5.26 Å². The highest BCUT2D eigenvalue weighted by Crippen LogP contribution is 2.29. The molecule has 0 spiro atoms. The van der Waals surface area contributed by atoms with Gasteiger partial charge in [-0.15, -0.1) is 0 Å². The molecule has 0 aromatic heterocycles. The molecule has 1 aromatic carbocycles. The van der Waals surface area contributed by atoms with Gasteiger partial charge in [0.15, 0.2) is 0 Å². The van der Waals surface area contributed by atoms with E-state index in [1.165, 1.54) is 6.20 Å². The van der Waals surface area contributed by atoms with E-state index in [1.807, 2.05) is 6.07 Å². The lowest BCUT2D eigenvalue weighted by atomic mass is 10.2. The van der Waals surface area contributed by atoms with Crippen LogP contribution in [0.1, 0.15) is 0 Å². The molecular formula is C16H19Cl2N5O. The molecule has 6 nitrogen and oxygen atoms in total. The molecule has 1 aliphatic heterocycles. The molecule has 1 amide bonds. The minimum atomic E-state index is -0.531. The predicted molar refractivity (Wildman–Crippen MR) is 96.1 cm³/mol. The van der Waals surface area contributed by atoms with Crippen LogP contribution in [0, 0.1) is 11.3 Å². The maximum absolute atomic E-state index is 12.1. The van der Waals surface area contributed by atoms with Gasteiger partial charge in [0, 0.05) is 45.5 Å². The first kappa shape index (κ1) is 18.6. The Balaban J connectivity index is 1.86. The SMILES string of the molecule is N#C/C(=C/NCCN1CCNCC1)C(=O)Nc1cccc(Cl)c1Cl. The van der Waals surface area contributed by atoms with Crippen molar-refractivity contribution in [3.05, 3.63) is 40.0 Å². The second kappa shape index (κ2) is 9.50. The fourth-order valence-electron chi connectivity index (χ4n) is 2.27. The van der Waals surface area contributed by atoms with Crippen LogP contribution >= 0.6 is 23.2 Å². The number of amides is 1. The molecule has 0 saturated carbocycles. The van der Waals surface area contributed by atoms with Gasteiger partial charge < -0.3 is 16.0 Å². The molecule has 1 aromatic rings. The lowest BCUT2D eigenvalue weighted by Gasteiger charge is -2.26. The Morgan fingerprint density at radius 1 is 1.38 bits per heavy atom. The second-order valence-electron chi connectivity index (χ2n) is 5.27. The number of anilines is 1. The minimum Gasteiger partial charge on any atom is -0.388 e. The van der Waals surface area contributed by atoms with Gasteiger partial charge in [0.05, 0.1) is 15.7 Å². The van der Waals surface area contributed by atoms with E-state index in [1.54, 1.807) is 18.2 Å². The largest absolute Gasteiger partial charge is 0.388 e. The Labute approximate surface area is 151 Å². The Morgan fingerprint density at radius 3 is 2.83 bits per heavy atom. The van der Waals surface area contributed by atoms with Crippen molar-refractivity contribution in [3.8, 4) is 6.07 Å². The second-order valence-corrected chi connectivity index (χ2v) is 6.06. The normalized spacial score (nSPS) is 15.6. The smallest absolute Gasteiger partial charge is 0.267 e. The Bertz CT molecular complexity index is 650. The number of carbonyl (C=O) groups excluding carboxylic acids is 1. The first-order chi connectivity index (χ1) is 11.6. The summed E-state index contributed by atoms with van der Waals surface area (Å²) in [5, 5.41) is 18.6. The highest BCUT2D eigenvalue weighted by atomic mass is 35.5. The van der Waals surface area contributed by atoms with Gasteiger partial charge >= 0.3 is 0 Å². The zero-order chi connectivity index (χ0) is 17.4. The van der Waals surface area contributed by atoms with Gasteiger partial charge in [0.2, 0.25) is 0 Å². The summed E-state index contributed by atoms with van der Waals surface area (Å²) in [7, 11) is 0. The highest BCUT2D eigenvalue weighted by Gasteiger charge is 2.13. The molecule has 1 saturated heterocycles. The molecular weight excluding hydrogens is 349 g/mol. The number of nitrogens with zero attached hydrogens (tertiary/aromatic N) is 2. The molecule has 1 aliphatic rings. The molecule has 8 heteroatoms. The number of halogens is 2. The van der Waals surface area contributed by atoms with E-state index in [2.05, 4.69) is 20.9 Å². The summed E-state index contributed by atoms with van der Waals surface area (Å²) in [5.74, 6) is -0.531. The molecule has 0 radical (unpaired) electrons. The van der Waals surface area contributed by atoms with Gasteiger partial charge in [-0.1, -0.05) is 29.3 Å². The number of piperazine rings is 1. The van der Waals surface area contributed by atoms with E-state index in [-0.39, 0.29) is 10.6 Å². The summed E-state index contributed by atoms with van der Waals surface area (Å²) in [6.45, 7) is 5.51. The Kier molecular flexibility index (Phi) is 7.35. The lowest BCUT2D eigenvalue weighted by molar-refractivity contribution is -0.112. The van der Waals surface area contributed by atoms with Crippen molar-refractivity contribution in [2.24, 2.45) is 0 Å². The molecule has 0 aliphatic carbocycles. The van der Waals surface area contributed by atoms with Crippen LogP contribution in [0.2, 0.25) is 10.0 Å². The average molecular weight is 368 g/mol. The van der Waals surface area contributed by atoms with Crippen LogP contribution in [0.15, 0.2) is 30.0 Å². The maximum Gasteiger partial charge on any atom is 0.267 e. The Hall–Kier alpha value is -1.78. The number of carbonyl (C=O) groups is 1. The third-order valence-corrected chi connectivity index (χ3v) is 4.41. The number of rotatable bonds is 6. The third kappa shape index (κ3) is 5.39. The van der Waals surface area contributed by atoms with E-state index in [4.69, 9.17) is 28.5 Å². The zero-order valence-corrected chi connectivity index (χ0v) is 14.6. The summed E-state index contributed by atoms with van der Waals surface area (Å²) < 4.78 is 0. The van der Waals surface area contributed by atoms with Gasteiger partial charge in [0.1, 0.15) is 11.6 Å². The number of nitrogens with one attached hydrogen (secondary N) is 3. The fraction of sp³-hybridized carbons (Fsp3) is 0.375. The van der Waals surface area contributed by atoms with E-state index < -0.39 is 5.91 Å². The van der Waals surface area contributed by atoms with E-state index in [0.29, 0.717) is 17.3 Å². The Morgan fingerprint density at radius 2 is 2.12 bits per heavy atom. The third-order valence-electron chi connectivity index (χ3n) is 3.59. The average Bonchev–Trinajstić information content (AvgIpc) is 2.60. The monoisotopic (exact) mass is 367 g/mol. The van der Waals surface area contributed by atoms with Crippen molar-refractivity contribution in [3.63, 3.8) is 0 Å². The van der Waals surface area contributed by atoms with Crippen molar-refractivity contribution in [2.45, 2.75) is 0 Å². The molecule has 1 fully saturated rings. The van der Waals surface area contributed by atoms with Crippen LogP contribution < -0.4 is 16.0 Å². The van der Waals surface area contributed by atoms with E-state index in [9.17, 15) is 4.79 Å². The quantitative estimate of drug-likeness (QED) is 0.406. The lowest BCUT2D eigenvalue weighted by Crippen LogP contribution is -2.45. The number of hydrogen-bond donors (Lipinski definition) is 3. The summed E-state index contributed by atoms with van der Waals surface area (Å²) >= 11 is 11.9. The van der Waals surface area contributed by atoms with Crippen LogP contribution in [-0.4, -0.2) is 50.1 Å². The summed E-state index contributed by atoms with van der Waals surface area (Å²) in [6.07, 6.45) is 1.43. The summed E-state index contributed by atoms with van der Waals surface area (Å²) in [4.78, 5) is 14.5. The van der Waals surface area contributed by atoms with Crippen LogP contribution in [0.4, 0.5) is 5.69 Å². The molecule has 128 valence electrons. The number of hydrogen-bond acceptors (Lipinski definition) is 5. The predicted octanol–water partition coefficient (Wildman–Crippen LogP) is 1.83. The van der Waals surface area contributed by atoms with Crippen molar-refractivity contribution in [2.75, 3.05) is 44.6 Å². The molecule has 0 atom stereocenters. The molecule has 1 heterocycles. The van der Waals surface area contributed by atoms with Gasteiger partial charge in [-0.05, 0) is 12.1 Å². The number of nitriles is 1. The van der Waals surface area contributed by atoms with Crippen molar-refractivity contribution < 1.29 is 4.79 Å². The first-order valence-corrected chi connectivity index (χ1v) is 8.39. The standard InChI is InChI=1S/C16H19Cl2N5O/c17-13-2-1-3-14(15(13)18)22-16(24)12(10-19)11-21-6-9-23-7-4-20-5-8-23/h1-3,11,20-21H,4-9H2,(H,22,24)/b12-11-. The zero-order valence-electron chi connectivity index (χ0n) is 13.1. The van der Waals surface area contributed by atoms with Crippen molar-refractivity contribution >= 4 is 34.8 Å². The van der Waals surface area contributed by atoms with Crippen LogP contribution in [0.3, 0.4) is 0 Å². The van der Waals surface area contributed by atoms with Gasteiger partial charge in [0.25, 0.3) is 5.91 Å². The van der Waals surface area contributed by atoms with Crippen LogP contribution in [0.5, 0.6) is 0 Å². The summed E-state index contributed by atoms with van der Waals surface area (Å²) in [5.41, 5.74) is 0.350. The van der Waals surface area contributed by atoms with Crippen LogP contribution in [-0.2, 0) is 4.79 Å². The van der Waals surface area contributed by atoms with Gasteiger partial charge in [-0.2, -0.15) is 5.26 Å². The molecule has 2 rings (SSSR count). The van der Waals surface area contributed by atoms with E-state index >= 15 is 0 Å². The fourth-order valence-corrected chi connectivity index (χ4v) is 2.62. The van der Waals surface area contributed by atoms with Gasteiger partial charge in [-0.25, -0.2) is 0 Å². The van der Waals surface area contributed by atoms with Crippen LogP contribution in [0.25, 0.3) is 0 Å². The number of benzene rings is 1. The highest BCUT2D eigenvalue weighted by molar-refractivity contribution is 6.44. The topological polar surface area (TPSA) is 80.2 Å².